The van der Waals surface area contributed by atoms with Gasteiger partial charge in [0, 0.05) is 12.1 Å². The van der Waals surface area contributed by atoms with E-state index in [9.17, 15) is 9.59 Å². The van der Waals surface area contributed by atoms with Crippen LogP contribution in [0.5, 0.6) is 0 Å². The zero-order valence-corrected chi connectivity index (χ0v) is 11.8. The lowest BCUT2D eigenvalue weighted by atomic mass is 10.1. The Morgan fingerprint density at radius 2 is 2.09 bits per heavy atom. The van der Waals surface area contributed by atoms with Crippen LogP contribution in [0.2, 0.25) is 0 Å². The average molecular weight is 301 g/mol. The van der Waals surface area contributed by atoms with Gasteiger partial charge in [-0.1, -0.05) is 30.3 Å². The molecule has 0 aliphatic carbocycles. The van der Waals surface area contributed by atoms with E-state index in [1.165, 1.54) is 4.90 Å². The minimum Gasteiger partial charge on any atom is -0.476 e. The van der Waals surface area contributed by atoms with Crippen LogP contribution in [0.15, 0.2) is 30.3 Å². The lowest BCUT2D eigenvalue weighted by Gasteiger charge is -2.25. The molecule has 0 saturated carbocycles. The number of aromatic carboxylic acids is 1. The van der Waals surface area contributed by atoms with E-state index in [0.717, 1.165) is 5.56 Å². The summed E-state index contributed by atoms with van der Waals surface area (Å²) in [5, 5.41) is 15.5. The average Bonchev–Trinajstić information content (AvgIpc) is 2.97. The number of amides is 1. The standard InChI is InChI=1S/C15H15N3O4/c19-14(20)13-11-6-7-18(8-12(11)16-17-13)15(21)22-9-10-4-2-1-3-5-10/h1-5H,6-9H2,(H,16,17)(H,19,20). The molecule has 3 rings (SSSR count). The van der Waals surface area contributed by atoms with Crippen LogP contribution in [-0.2, 0) is 24.3 Å². The summed E-state index contributed by atoms with van der Waals surface area (Å²) in [4.78, 5) is 24.6. The van der Waals surface area contributed by atoms with E-state index in [4.69, 9.17) is 9.84 Å². The highest BCUT2D eigenvalue weighted by molar-refractivity contribution is 5.87. The predicted octanol–water partition coefficient (Wildman–Crippen LogP) is 1.80. The lowest BCUT2D eigenvalue weighted by Crippen LogP contribution is -2.36. The topological polar surface area (TPSA) is 95.5 Å². The molecule has 22 heavy (non-hydrogen) atoms. The fourth-order valence-electron chi connectivity index (χ4n) is 2.46. The number of nitrogens with one attached hydrogen (secondary N) is 1. The molecule has 1 aromatic carbocycles. The molecule has 2 heterocycles. The fraction of sp³-hybridized carbons (Fsp3) is 0.267. The molecule has 0 atom stereocenters. The second-order valence-electron chi connectivity index (χ2n) is 5.05. The van der Waals surface area contributed by atoms with Gasteiger partial charge in [-0.2, -0.15) is 5.10 Å². The molecule has 2 aromatic rings. The van der Waals surface area contributed by atoms with Gasteiger partial charge in [0.15, 0.2) is 5.69 Å². The van der Waals surface area contributed by atoms with E-state index in [2.05, 4.69) is 10.2 Å². The van der Waals surface area contributed by atoms with E-state index in [1.807, 2.05) is 30.3 Å². The van der Waals surface area contributed by atoms with Gasteiger partial charge in [0.2, 0.25) is 0 Å². The number of benzene rings is 1. The van der Waals surface area contributed by atoms with Crippen LogP contribution in [0, 0.1) is 0 Å². The Kier molecular flexibility index (Phi) is 3.78. The maximum Gasteiger partial charge on any atom is 0.410 e. The molecular weight excluding hydrogens is 286 g/mol. The number of carbonyl (C=O) groups is 2. The maximum atomic E-state index is 12.1. The molecule has 7 heteroatoms. The molecule has 0 fully saturated rings. The number of rotatable bonds is 3. The molecule has 0 saturated heterocycles. The van der Waals surface area contributed by atoms with E-state index in [1.54, 1.807) is 0 Å². The molecule has 0 spiro atoms. The molecule has 7 nitrogen and oxygen atoms in total. The Bertz CT molecular complexity index is 696. The van der Waals surface area contributed by atoms with Gasteiger partial charge in [0.1, 0.15) is 6.61 Å². The van der Waals surface area contributed by atoms with Gasteiger partial charge >= 0.3 is 12.1 Å². The minimum atomic E-state index is -1.06. The van der Waals surface area contributed by atoms with Gasteiger partial charge < -0.3 is 14.7 Å². The highest BCUT2D eigenvalue weighted by Gasteiger charge is 2.27. The van der Waals surface area contributed by atoms with E-state index < -0.39 is 12.1 Å². The smallest absolute Gasteiger partial charge is 0.410 e. The van der Waals surface area contributed by atoms with Crippen molar-refractivity contribution in [3.63, 3.8) is 0 Å². The molecule has 1 aromatic heterocycles. The number of hydrogen-bond acceptors (Lipinski definition) is 4. The number of hydrogen-bond donors (Lipinski definition) is 2. The second-order valence-corrected chi connectivity index (χ2v) is 5.05. The van der Waals surface area contributed by atoms with Crippen LogP contribution in [-0.4, -0.2) is 38.8 Å². The van der Waals surface area contributed by atoms with Crippen LogP contribution in [0.4, 0.5) is 4.79 Å². The van der Waals surface area contributed by atoms with E-state index >= 15 is 0 Å². The molecule has 1 amide bonds. The number of carboxylic acid groups (broad SMARTS) is 1. The van der Waals surface area contributed by atoms with Crippen LogP contribution < -0.4 is 0 Å². The Hall–Kier alpha value is -2.83. The molecule has 2 N–H and O–H groups in total. The number of carbonyl (C=O) groups excluding carboxylic acids is 1. The number of aromatic nitrogens is 2. The molecule has 1 aliphatic heterocycles. The Balaban J connectivity index is 1.62. The summed E-state index contributed by atoms with van der Waals surface area (Å²) < 4.78 is 5.27. The summed E-state index contributed by atoms with van der Waals surface area (Å²) in [6.07, 6.45) is 0.0365. The van der Waals surface area contributed by atoms with Crippen LogP contribution in [0.1, 0.15) is 27.3 Å². The predicted molar refractivity (Wildman–Crippen MR) is 76.3 cm³/mol. The summed E-state index contributed by atoms with van der Waals surface area (Å²) in [6, 6.07) is 9.43. The number of fused-ring (bicyclic) bond motifs is 1. The van der Waals surface area contributed by atoms with Crippen LogP contribution in [0.25, 0.3) is 0 Å². The van der Waals surface area contributed by atoms with Crippen molar-refractivity contribution < 1.29 is 19.4 Å². The maximum absolute atomic E-state index is 12.1. The largest absolute Gasteiger partial charge is 0.476 e. The number of ether oxygens (including phenoxy) is 1. The molecule has 0 bridgehead atoms. The number of nitrogens with zero attached hydrogens (tertiary/aromatic N) is 2. The zero-order chi connectivity index (χ0) is 15.5. The first kappa shape index (κ1) is 14.1. The third kappa shape index (κ3) is 2.78. The number of carboxylic acids is 1. The van der Waals surface area contributed by atoms with Gasteiger partial charge in [-0.3, -0.25) is 5.10 Å². The van der Waals surface area contributed by atoms with Gasteiger partial charge in [-0.05, 0) is 12.0 Å². The molecular formula is C15H15N3O4. The molecule has 1 aliphatic rings. The molecule has 0 radical (unpaired) electrons. The first-order valence-corrected chi connectivity index (χ1v) is 6.90. The monoisotopic (exact) mass is 301 g/mol. The van der Waals surface area contributed by atoms with Crippen LogP contribution >= 0.6 is 0 Å². The third-order valence-corrected chi connectivity index (χ3v) is 3.60. The SMILES string of the molecule is O=C(O)c1n[nH]c2c1CCN(C(=O)OCc1ccccc1)C2. The van der Waals surface area contributed by atoms with Crippen molar-refractivity contribution in [2.45, 2.75) is 19.6 Å². The highest BCUT2D eigenvalue weighted by Crippen LogP contribution is 2.20. The van der Waals surface area contributed by atoms with E-state index in [0.29, 0.717) is 24.2 Å². The molecule has 0 unspecified atom stereocenters. The van der Waals surface area contributed by atoms with Gasteiger partial charge in [-0.15, -0.1) is 0 Å². The van der Waals surface area contributed by atoms with Crippen molar-refractivity contribution in [2.24, 2.45) is 0 Å². The van der Waals surface area contributed by atoms with Gasteiger partial charge in [0.05, 0.1) is 12.2 Å². The summed E-state index contributed by atoms with van der Waals surface area (Å²) >= 11 is 0. The third-order valence-electron chi connectivity index (χ3n) is 3.60. The fourth-order valence-corrected chi connectivity index (χ4v) is 2.46. The lowest BCUT2D eigenvalue weighted by molar-refractivity contribution is 0.0689. The van der Waals surface area contributed by atoms with Crippen molar-refractivity contribution >= 4 is 12.1 Å². The van der Waals surface area contributed by atoms with Crippen molar-refractivity contribution in [1.82, 2.24) is 15.1 Å². The van der Waals surface area contributed by atoms with Crippen molar-refractivity contribution in [1.29, 1.82) is 0 Å². The summed E-state index contributed by atoms with van der Waals surface area (Å²) in [5.74, 6) is -1.06. The Morgan fingerprint density at radius 3 is 2.82 bits per heavy atom. The quantitative estimate of drug-likeness (QED) is 0.901. The summed E-state index contributed by atoms with van der Waals surface area (Å²) in [7, 11) is 0. The van der Waals surface area contributed by atoms with Crippen molar-refractivity contribution in [2.75, 3.05) is 6.54 Å². The first-order valence-electron chi connectivity index (χ1n) is 6.90. The number of aromatic amines is 1. The molecule has 114 valence electrons. The first-order chi connectivity index (χ1) is 10.6. The number of H-pyrrole nitrogens is 1. The van der Waals surface area contributed by atoms with Crippen molar-refractivity contribution in [3.8, 4) is 0 Å². The van der Waals surface area contributed by atoms with Gasteiger partial charge in [0.25, 0.3) is 0 Å². The zero-order valence-electron chi connectivity index (χ0n) is 11.8. The van der Waals surface area contributed by atoms with Crippen molar-refractivity contribution in [3.05, 3.63) is 52.8 Å². The minimum absolute atomic E-state index is 0.0345. The highest BCUT2D eigenvalue weighted by atomic mass is 16.6. The second kappa shape index (κ2) is 5.88. The Morgan fingerprint density at radius 1 is 1.32 bits per heavy atom. The van der Waals surface area contributed by atoms with E-state index in [-0.39, 0.29) is 18.8 Å². The normalized spacial score (nSPS) is 13.5. The van der Waals surface area contributed by atoms with Crippen LogP contribution in [0.3, 0.4) is 0 Å². The Labute approximate surface area is 126 Å². The summed E-state index contributed by atoms with van der Waals surface area (Å²) in [5.41, 5.74) is 2.27. The van der Waals surface area contributed by atoms with Gasteiger partial charge in [-0.25, -0.2) is 9.59 Å². The summed E-state index contributed by atoms with van der Waals surface area (Å²) in [6.45, 7) is 0.913.